The number of hydrogen-bond donors (Lipinski definition) is 1. The molecule has 2 aromatic rings. The third kappa shape index (κ3) is 4.38. The highest BCUT2D eigenvalue weighted by Crippen LogP contribution is 2.38. The summed E-state index contributed by atoms with van der Waals surface area (Å²) in [6, 6.07) is 12.9. The molecule has 3 rings (SSSR count). The molecular formula is C21H27BN2O5. The van der Waals surface area contributed by atoms with E-state index in [2.05, 4.69) is 5.32 Å². The zero-order valence-corrected chi connectivity index (χ0v) is 17.5. The highest BCUT2D eigenvalue weighted by Gasteiger charge is 2.53. The fourth-order valence-corrected chi connectivity index (χ4v) is 3.11. The third-order valence-electron chi connectivity index (χ3n) is 5.46. The lowest BCUT2D eigenvalue weighted by Crippen LogP contribution is -2.41. The van der Waals surface area contributed by atoms with E-state index in [9.17, 15) is 10.1 Å². The number of rotatable bonds is 7. The van der Waals surface area contributed by atoms with Gasteiger partial charge in [-0.2, -0.15) is 0 Å². The Balaban J connectivity index is 1.97. The molecule has 0 unspecified atom stereocenters. The monoisotopic (exact) mass is 398 g/mol. The van der Waals surface area contributed by atoms with Crippen LogP contribution in [-0.2, 0) is 15.9 Å². The molecule has 2 aromatic carbocycles. The highest BCUT2D eigenvalue weighted by atomic mass is 16.7. The van der Waals surface area contributed by atoms with Gasteiger partial charge >= 0.3 is 7.12 Å². The van der Waals surface area contributed by atoms with Crippen molar-refractivity contribution in [3.8, 4) is 5.75 Å². The second-order valence-corrected chi connectivity index (χ2v) is 8.02. The number of nitrogens with one attached hydrogen (secondary N) is 1. The van der Waals surface area contributed by atoms with E-state index in [0.29, 0.717) is 30.1 Å². The summed E-state index contributed by atoms with van der Waals surface area (Å²) in [5.74, 6) is 0.507. The molecule has 0 radical (unpaired) electrons. The molecule has 1 heterocycles. The number of benzene rings is 2. The molecule has 0 spiro atoms. The topological polar surface area (TPSA) is 82.9 Å². The van der Waals surface area contributed by atoms with Crippen molar-refractivity contribution in [3.05, 3.63) is 58.1 Å². The summed E-state index contributed by atoms with van der Waals surface area (Å²) in [4.78, 5) is 11.4. The normalized spacial score (nSPS) is 17.2. The van der Waals surface area contributed by atoms with Gasteiger partial charge in [0.05, 0.1) is 22.7 Å². The Labute approximate surface area is 171 Å². The molecule has 154 valence electrons. The minimum Gasteiger partial charge on any atom is -0.494 e. The van der Waals surface area contributed by atoms with Gasteiger partial charge in [-0.1, -0.05) is 30.3 Å². The lowest BCUT2D eigenvalue weighted by Gasteiger charge is -2.32. The fourth-order valence-electron chi connectivity index (χ4n) is 3.11. The van der Waals surface area contributed by atoms with Gasteiger partial charge < -0.3 is 19.4 Å². The van der Waals surface area contributed by atoms with Gasteiger partial charge in [0.2, 0.25) is 0 Å². The first-order chi connectivity index (χ1) is 13.6. The van der Waals surface area contributed by atoms with Gasteiger partial charge in [-0.25, -0.2) is 0 Å². The average molecular weight is 398 g/mol. The van der Waals surface area contributed by atoms with Gasteiger partial charge in [0.25, 0.3) is 5.69 Å². The molecular weight excluding hydrogens is 371 g/mol. The molecule has 0 aromatic heterocycles. The van der Waals surface area contributed by atoms with E-state index in [1.807, 2.05) is 65.0 Å². The van der Waals surface area contributed by atoms with Crippen LogP contribution in [0.5, 0.6) is 5.75 Å². The summed E-state index contributed by atoms with van der Waals surface area (Å²) in [6.45, 7) is 10.5. The summed E-state index contributed by atoms with van der Waals surface area (Å²) >= 11 is 0. The van der Waals surface area contributed by atoms with E-state index >= 15 is 0 Å². The van der Waals surface area contributed by atoms with Crippen LogP contribution in [0, 0.1) is 10.1 Å². The molecule has 0 atom stereocenters. The Bertz CT molecular complexity index is 870. The van der Waals surface area contributed by atoms with E-state index in [0.717, 1.165) is 5.56 Å². The number of nitrogens with zero attached hydrogens (tertiary/aromatic N) is 1. The van der Waals surface area contributed by atoms with Crippen molar-refractivity contribution in [2.24, 2.45) is 0 Å². The summed E-state index contributed by atoms with van der Waals surface area (Å²) in [7, 11) is -0.747. The van der Waals surface area contributed by atoms with Crippen LogP contribution in [0.4, 0.5) is 11.4 Å². The van der Waals surface area contributed by atoms with Crippen LogP contribution < -0.4 is 15.5 Å². The molecule has 0 aliphatic carbocycles. The summed E-state index contributed by atoms with van der Waals surface area (Å²) in [5, 5.41) is 14.9. The number of hydrogen-bond acceptors (Lipinski definition) is 6. The van der Waals surface area contributed by atoms with Crippen LogP contribution >= 0.6 is 0 Å². The molecule has 29 heavy (non-hydrogen) atoms. The SMILES string of the molecule is CCOc1cc(NCc2ccccc2)c([N+](=O)[O-])cc1B1OC(C)(C)C(C)(C)O1. The smallest absolute Gasteiger partial charge is 0.494 e. The van der Waals surface area contributed by atoms with Gasteiger partial charge in [0, 0.05) is 24.1 Å². The largest absolute Gasteiger partial charge is 0.498 e. The predicted octanol–water partition coefficient (Wildman–Crippen LogP) is 3.90. The third-order valence-corrected chi connectivity index (χ3v) is 5.46. The van der Waals surface area contributed by atoms with Crippen LogP contribution in [0.25, 0.3) is 0 Å². The van der Waals surface area contributed by atoms with Gasteiger partial charge in [0.1, 0.15) is 11.4 Å². The van der Waals surface area contributed by atoms with Crippen molar-refractivity contribution in [2.45, 2.75) is 52.4 Å². The first kappa shape index (κ1) is 21.1. The standard InChI is InChI=1S/C21H27BN2O5/c1-6-27-19-13-17(23-14-15-10-8-7-9-11-15)18(24(25)26)12-16(19)22-28-20(2,3)21(4,5)29-22/h7-13,23H,6,14H2,1-5H3. The van der Waals surface area contributed by atoms with Crippen LogP contribution in [0.3, 0.4) is 0 Å². The van der Waals surface area contributed by atoms with Crippen LogP contribution in [0.1, 0.15) is 40.2 Å². The second kappa shape index (κ2) is 8.04. The van der Waals surface area contributed by atoms with Gasteiger partial charge in [-0.05, 0) is 40.2 Å². The van der Waals surface area contributed by atoms with Crippen molar-refractivity contribution in [3.63, 3.8) is 0 Å². The van der Waals surface area contributed by atoms with E-state index < -0.39 is 23.2 Å². The highest BCUT2D eigenvalue weighted by molar-refractivity contribution is 6.63. The second-order valence-electron chi connectivity index (χ2n) is 8.02. The number of anilines is 1. The molecule has 1 saturated heterocycles. The van der Waals surface area contributed by atoms with E-state index in [4.69, 9.17) is 14.0 Å². The first-order valence-corrected chi connectivity index (χ1v) is 9.73. The van der Waals surface area contributed by atoms with Gasteiger partial charge in [-0.3, -0.25) is 10.1 Å². The molecule has 1 aliphatic heterocycles. The minimum absolute atomic E-state index is 0.0471. The molecule has 8 heteroatoms. The molecule has 0 amide bonds. The van der Waals surface area contributed by atoms with Gasteiger partial charge in [0.15, 0.2) is 0 Å². The molecule has 7 nitrogen and oxygen atoms in total. The first-order valence-electron chi connectivity index (χ1n) is 9.73. The van der Waals surface area contributed by atoms with Crippen molar-refractivity contribution >= 4 is 24.0 Å². The maximum Gasteiger partial charge on any atom is 0.498 e. The maximum atomic E-state index is 11.8. The average Bonchev–Trinajstić information content (AvgIpc) is 2.88. The zero-order valence-electron chi connectivity index (χ0n) is 17.5. The van der Waals surface area contributed by atoms with Crippen LogP contribution in [0.15, 0.2) is 42.5 Å². The van der Waals surface area contributed by atoms with Crippen molar-refractivity contribution in [1.29, 1.82) is 0 Å². The molecule has 0 bridgehead atoms. The molecule has 1 aliphatic rings. The van der Waals surface area contributed by atoms with E-state index in [1.165, 1.54) is 6.07 Å². The molecule has 1 fully saturated rings. The number of nitro benzene ring substituents is 1. The Kier molecular flexibility index (Phi) is 5.86. The van der Waals surface area contributed by atoms with Crippen LogP contribution in [0.2, 0.25) is 0 Å². The van der Waals surface area contributed by atoms with Crippen molar-refractivity contribution in [1.82, 2.24) is 0 Å². The minimum atomic E-state index is -0.747. The number of nitro groups is 1. The number of ether oxygens (including phenoxy) is 1. The predicted molar refractivity (Wildman–Crippen MR) is 114 cm³/mol. The summed E-state index contributed by atoms with van der Waals surface area (Å²) in [6.07, 6.45) is 0. The Hall–Kier alpha value is -2.58. The Morgan fingerprint density at radius 1 is 1.10 bits per heavy atom. The van der Waals surface area contributed by atoms with Crippen LogP contribution in [-0.4, -0.2) is 29.9 Å². The quantitative estimate of drug-likeness (QED) is 0.433. The van der Waals surface area contributed by atoms with E-state index in [1.54, 1.807) is 6.07 Å². The molecule has 0 saturated carbocycles. The van der Waals surface area contributed by atoms with E-state index in [-0.39, 0.29) is 5.69 Å². The fraction of sp³-hybridized carbons (Fsp3) is 0.429. The van der Waals surface area contributed by atoms with Crippen molar-refractivity contribution in [2.75, 3.05) is 11.9 Å². The lowest BCUT2D eigenvalue weighted by atomic mass is 9.77. The maximum absolute atomic E-state index is 11.8. The van der Waals surface area contributed by atoms with Crippen molar-refractivity contribution < 1.29 is 19.0 Å². The summed E-state index contributed by atoms with van der Waals surface area (Å²) < 4.78 is 18.0. The Morgan fingerprint density at radius 3 is 2.28 bits per heavy atom. The molecule has 1 N–H and O–H groups in total. The lowest BCUT2D eigenvalue weighted by molar-refractivity contribution is -0.383. The Morgan fingerprint density at radius 2 is 1.72 bits per heavy atom. The zero-order chi connectivity index (χ0) is 21.2. The van der Waals surface area contributed by atoms with Gasteiger partial charge in [-0.15, -0.1) is 0 Å². The summed E-state index contributed by atoms with van der Waals surface area (Å²) in [5.41, 5.74) is 0.772.